The number of rotatable bonds is 11. The molecule has 8 aromatic rings. The molecule has 10 nitrogen and oxygen atoms in total. The van der Waals surface area contributed by atoms with Crippen molar-refractivity contribution in [1.82, 2.24) is 24.7 Å². The topological polar surface area (TPSA) is 106 Å². The Morgan fingerprint density at radius 1 is 0.765 bits per heavy atom. The number of nitrogens with zero attached hydrogens (tertiary/aromatic N) is 5. The number of imidazole rings is 1. The number of amides is 1. The average Bonchev–Trinajstić information content (AvgIpc) is 3.69. The number of fused-ring (bicyclic) bond motifs is 2. The SMILES string of the molecule is CCc1nc2ccc(Cl)cn2c1C(=O)NCc1ccc(N2CCC(c3ccc(OC(F)(F)F)cc3)CC2)cc1.FC(F)(F)c1ccc(Oc2ccc(Nc3ncnc4cc(Cl)ccc34)cc2)cc1. The number of carbonyl (C=O) groups is 1. The smallest absolute Gasteiger partial charge is 0.457 e. The standard InChI is InChI=1S/C29H28ClF3N4O2.C21H13ClF3N3O/c1-2-25-27(37-18-22(30)7-12-26(37)35-25)28(38)34-17-19-3-8-23(9-4-19)36-15-13-21(14-16-36)20-5-10-24(11-6-20)39-29(31,32)33;22-14-3-10-18-19(11-14)26-12-27-20(18)28-15-4-8-17(9-5-15)29-16-6-1-13(2-7-16)21(23,24)25/h3-12,18,21H,2,13-17H2,1H3,(H,34,38);1-12H,(H,26,27,28). The van der Waals surface area contributed by atoms with E-state index < -0.39 is 18.1 Å². The molecule has 0 unspecified atom stereocenters. The number of aryl methyl sites for hydroxylation is 1. The van der Waals surface area contributed by atoms with Crippen LogP contribution in [0, 0.1) is 0 Å². The van der Waals surface area contributed by atoms with Gasteiger partial charge in [0.15, 0.2) is 0 Å². The number of aromatic nitrogens is 4. The predicted molar refractivity (Wildman–Crippen MR) is 250 cm³/mol. The lowest BCUT2D eigenvalue weighted by Crippen LogP contribution is -2.32. The Kier molecular flexibility index (Phi) is 14.3. The summed E-state index contributed by atoms with van der Waals surface area (Å²) in [4.78, 5) is 28.4. The number of carbonyl (C=O) groups excluding carboxylic acids is 1. The Hall–Kier alpha value is -7.04. The molecule has 9 rings (SSSR count). The molecule has 1 amide bonds. The first kappa shape index (κ1) is 47.5. The fourth-order valence-electron chi connectivity index (χ4n) is 7.78. The zero-order valence-corrected chi connectivity index (χ0v) is 37.6. The number of ether oxygens (including phenoxy) is 2. The van der Waals surface area contributed by atoms with Gasteiger partial charge in [-0.2, -0.15) is 13.2 Å². The lowest BCUT2D eigenvalue weighted by molar-refractivity contribution is -0.274. The van der Waals surface area contributed by atoms with E-state index in [2.05, 4.69) is 47.4 Å². The number of piperidine rings is 1. The summed E-state index contributed by atoms with van der Waals surface area (Å²) >= 11 is 12.1. The molecule has 350 valence electrons. The van der Waals surface area contributed by atoms with Crippen LogP contribution >= 0.6 is 23.2 Å². The molecule has 0 bridgehead atoms. The van der Waals surface area contributed by atoms with Crippen LogP contribution in [0.4, 0.5) is 43.5 Å². The van der Waals surface area contributed by atoms with Crippen LogP contribution in [-0.4, -0.2) is 44.7 Å². The van der Waals surface area contributed by atoms with Crippen molar-refractivity contribution in [3.05, 3.63) is 178 Å². The van der Waals surface area contributed by atoms with Gasteiger partial charge < -0.3 is 25.0 Å². The van der Waals surface area contributed by atoms with Gasteiger partial charge in [0.2, 0.25) is 0 Å². The third-order valence-corrected chi connectivity index (χ3v) is 11.6. The highest BCUT2D eigenvalue weighted by Crippen LogP contribution is 2.34. The van der Waals surface area contributed by atoms with Gasteiger partial charge in [-0.1, -0.05) is 54.4 Å². The van der Waals surface area contributed by atoms with Gasteiger partial charge in [0.25, 0.3) is 5.91 Å². The van der Waals surface area contributed by atoms with Crippen LogP contribution in [0.5, 0.6) is 17.2 Å². The van der Waals surface area contributed by atoms with Crippen molar-refractivity contribution >= 4 is 62.9 Å². The maximum absolute atomic E-state index is 13.0. The number of halogens is 8. The minimum atomic E-state index is -4.68. The van der Waals surface area contributed by atoms with E-state index in [0.717, 1.165) is 77.2 Å². The molecule has 4 heterocycles. The van der Waals surface area contributed by atoms with Crippen LogP contribution in [0.1, 0.15) is 58.6 Å². The summed E-state index contributed by atoms with van der Waals surface area (Å²) in [7, 11) is 0. The van der Waals surface area contributed by atoms with E-state index >= 15 is 0 Å². The highest BCUT2D eigenvalue weighted by Gasteiger charge is 2.32. The second kappa shape index (κ2) is 20.4. The molecule has 1 saturated heterocycles. The zero-order chi connectivity index (χ0) is 48.0. The van der Waals surface area contributed by atoms with E-state index in [1.165, 1.54) is 30.6 Å². The van der Waals surface area contributed by atoms with Crippen LogP contribution in [0.15, 0.2) is 140 Å². The summed E-state index contributed by atoms with van der Waals surface area (Å²) in [5.41, 5.74) is 5.77. The molecule has 1 aliphatic rings. The van der Waals surface area contributed by atoms with E-state index in [4.69, 9.17) is 27.9 Å². The number of anilines is 3. The van der Waals surface area contributed by atoms with Gasteiger partial charge in [0.1, 0.15) is 40.7 Å². The molecule has 1 fully saturated rings. The molecular weight excluding hydrogens is 931 g/mol. The summed E-state index contributed by atoms with van der Waals surface area (Å²) in [6.07, 6.45) is -3.47. The first-order chi connectivity index (χ1) is 32.6. The van der Waals surface area contributed by atoms with Gasteiger partial charge in [0.05, 0.1) is 21.8 Å². The molecule has 0 spiro atoms. The monoisotopic (exact) mass is 971 g/mol. The zero-order valence-electron chi connectivity index (χ0n) is 36.1. The van der Waals surface area contributed by atoms with Gasteiger partial charge in [0, 0.05) is 47.6 Å². The summed E-state index contributed by atoms with van der Waals surface area (Å²) in [6.45, 7) is 4.04. The van der Waals surface area contributed by atoms with Crippen molar-refractivity contribution in [3.63, 3.8) is 0 Å². The van der Waals surface area contributed by atoms with Crippen molar-refractivity contribution in [1.29, 1.82) is 0 Å². The second-order valence-corrected chi connectivity index (χ2v) is 16.6. The highest BCUT2D eigenvalue weighted by atomic mass is 35.5. The maximum Gasteiger partial charge on any atom is 0.573 e. The first-order valence-corrected chi connectivity index (χ1v) is 22.1. The number of nitrogens with one attached hydrogen (secondary N) is 2. The minimum absolute atomic E-state index is 0.200. The van der Waals surface area contributed by atoms with Crippen LogP contribution in [0.2, 0.25) is 10.0 Å². The average molecular weight is 973 g/mol. The van der Waals surface area contributed by atoms with Crippen LogP contribution in [0.25, 0.3) is 16.6 Å². The second-order valence-electron chi connectivity index (χ2n) is 15.7. The van der Waals surface area contributed by atoms with E-state index in [-0.39, 0.29) is 17.6 Å². The third-order valence-electron chi connectivity index (χ3n) is 11.2. The summed E-state index contributed by atoms with van der Waals surface area (Å²) in [5.74, 6) is 1.33. The molecule has 5 aromatic carbocycles. The Balaban J connectivity index is 0.000000192. The fraction of sp³-hybridized carbons (Fsp3) is 0.200. The molecule has 68 heavy (non-hydrogen) atoms. The van der Waals surface area contributed by atoms with E-state index in [0.29, 0.717) is 51.7 Å². The Morgan fingerprint density at radius 3 is 2.06 bits per heavy atom. The Morgan fingerprint density at radius 2 is 1.41 bits per heavy atom. The van der Waals surface area contributed by atoms with Crippen molar-refractivity contribution in [2.75, 3.05) is 23.3 Å². The lowest BCUT2D eigenvalue weighted by Gasteiger charge is -2.34. The molecular formula is C50H41Cl2F6N7O3. The van der Waals surface area contributed by atoms with Crippen molar-refractivity contribution in [3.8, 4) is 17.2 Å². The molecule has 2 N–H and O–H groups in total. The molecule has 3 aromatic heterocycles. The van der Waals surface area contributed by atoms with Gasteiger partial charge in [-0.3, -0.25) is 9.20 Å². The number of pyridine rings is 1. The quantitative estimate of drug-likeness (QED) is 0.124. The summed E-state index contributed by atoms with van der Waals surface area (Å²) in [5, 5.41) is 8.15. The van der Waals surface area contributed by atoms with Gasteiger partial charge >= 0.3 is 12.5 Å². The molecule has 0 saturated carbocycles. The largest absolute Gasteiger partial charge is 0.573 e. The normalized spacial score (nSPS) is 13.2. The summed E-state index contributed by atoms with van der Waals surface area (Å²) < 4.78 is 86.4. The minimum Gasteiger partial charge on any atom is -0.457 e. The fourth-order valence-corrected chi connectivity index (χ4v) is 8.11. The van der Waals surface area contributed by atoms with Crippen molar-refractivity contribution in [2.45, 2.75) is 51.2 Å². The molecule has 0 atom stereocenters. The van der Waals surface area contributed by atoms with Crippen LogP contribution < -0.4 is 25.0 Å². The van der Waals surface area contributed by atoms with E-state index in [9.17, 15) is 31.1 Å². The van der Waals surface area contributed by atoms with Gasteiger partial charge in [-0.15, -0.1) is 13.2 Å². The number of hydrogen-bond acceptors (Lipinski definition) is 8. The number of hydrogen-bond donors (Lipinski definition) is 2. The van der Waals surface area contributed by atoms with Gasteiger partial charge in [-0.25, -0.2) is 15.0 Å². The molecule has 1 aliphatic heterocycles. The third kappa shape index (κ3) is 11.9. The highest BCUT2D eigenvalue weighted by molar-refractivity contribution is 6.31. The summed E-state index contributed by atoms with van der Waals surface area (Å²) in [6, 6.07) is 34.7. The lowest BCUT2D eigenvalue weighted by atomic mass is 9.89. The van der Waals surface area contributed by atoms with Crippen LogP contribution in [0.3, 0.4) is 0 Å². The van der Waals surface area contributed by atoms with Crippen molar-refractivity contribution in [2.24, 2.45) is 0 Å². The molecule has 18 heteroatoms. The van der Waals surface area contributed by atoms with Crippen molar-refractivity contribution < 1.29 is 40.6 Å². The molecule has 0 aliphatic carbocycles. The predicted octanol–water partition coefficient (Wildman–Crippen LogP) is 13.6. The Bertz CT molecular complexity index is 3000. The van der Waals surface area contributed by atoms with E-state index in [1.54, 1.807) is 71.3 Å². The Labute approximate surface area is 396 Å². The number of alkyl halides is 6. The molecule has 0 radical (unpaired) electrons. The first-order valence-electron chi connectivity index (χ1n) is 21.4. The van der Waals surface area contributed by atoms with Crippen LogP contribution in [-0.2, 0) is 19.1 Å². The van der Waals surface area contributed by atoms with Gasteiger partial charge in [-0.05, 0) is 139 Å². The van der Waals surface area contributed by atoms with E-state index in [1.807, 2.05) is 25.1 Å². The number of benzene rings is 5. The maximum atomic E-state index is 13.0.